The molecule has 2 fully saturated rings. The first-order valence-corrected chi connectivity index (χ1v) is 8.70. The van der Waals surface area contributed by atoms with Gasteiger partial charge in [-0.1, -0.05) is 36.9 Å². The standard InChI is InChI=1S/C18H21ClN2O3/c1-12-5-6-13(9-14(12)19)20-15(22)11-21-16(23)10-18(17(21)24)7-3-2-4-8-18/h5-6,9H,2-4,7-8,10-11H2,1H3,(H,20,22). The molecule has 1 saturated heterocycles. The molecule has 1 aliphatic carbocycles. The van der Waals surface area contributed by atoms with E-state index in [0.717, 1.165) is 42.6 Å². The molecule has 0 bridgehead atoms. The summed E-state index contributed by atoms with van der Waals surface area (Å²) >= 11 is 6.04. The van der Waals surface area contributed by atoms with Gasteiger partial charge < -0.3 is 5.32 Å². The van der Waals surface area contributed by atoms with Crippen LogP contribution in [0.15, 0.2) is 18.2 Å². The molecule has 3 amide bonds. The highest BCUT2D eigenvalue weighted by molar-refractivity contribution is 6.31. The fourth-order valence-electron chi connectivity index (χ4n) is 3.65. The lowest BCUT2D eigenvalue weighted by molar-refractivity contribution is -0.144. The predicted molar refractivity (Wildman–Crippen MR) is 91.7 cm³/mol. The zero-order chi connectivity index (χ0) is 17.3. The molecule has 1 spiro atoms. The Kier molecular flexibility index (Phi) is 4.63. The molecule has 0 unspecified atom stereocenters. The van der Waals surface area contributed by atoms with Crippen molar-refractivity contribution in [3.05, 3.63) is 28.8 Å². The third kappa shape index (κ3) is 3.18. The Morgan fingerprint density at radius 1 is 1.25 bits per heavy atom. The van der Waals surface area contributed by atoms with Crippen molar-refractivity contribution in [3.8, 4) is 0 Å². The van der Waals surface area contributed by atoms with Crippen molar-refractivity contribution in [1.29, 1.82) is 0 Å². The molecule has 0 aromatic heterocycles. The van der Waals surface area contributed by atoms with Crippen LogP contribution < -0.4 is 5.32 Å². The number of aryl methyl sites for hydroxylation is 1. The molecule has 1 aromatic rings. The summed E-state index contributed by atoms with van der Waals surface area (Å²) in [6, 6.07) is 5.21. The minimum atomic E-state index is -0.553. The Labute approximate surface area is 146 Å². The van der Waals surface area contributed by atoms with Gasteiger partial charge in [-0.2, -0.15) is 0 Å². The Morgan fingerprint density at radius 3 is 2.62 bits per heavy atom. The number of amides is 3. The van der Waals surface area contributed by atoms with Crippen molar-refractivity contribution in [2.75, 3.05) is 11.9 Å². The second kappa shape index (κ2) is 6.55. The first kappa shape index (κ1) is 17.0. The first-order valence-electron chi connectivity index (χ1n) is 8.32. The van der Waals surface area contributed by atoms with Crippen LogP contribution in [0.25, 0.3) is 0 Å². The maximum atomic E-state index is 12.7. The Hall–Kier alpha value is -1.88. The summed E-state index contributed by atoms with van der Waals surface area (Å²) in [5.41, 5.74) is 0.920. The average molecular weight is 349 g/mol. The number of nitrogens with zero attached hydrogens (tertiary/aromatic N) is 1. The van der Waals surface area contributed by atoms with Gasteiger partial charge >= 0.3 is 0 Å². The predicted octanol–water partition coefficient (Wildman–Crippen LogP) is 3.30. The largest absolute Gasteiger partial charge is 0.324 e. The zero-order valence-corrected chi connectivity index (χ0v) is 14.5. The summed E-state index contributed by atoms with van der Waals surface area (Å²) in [6.45, 7) is 1.64. The number of likely N-dealkylation sites (tertiary alicyclic amines) is 1. The van der Waals surface area contributed by atoms with E-state index in [2.05, 4.69) is 5.32 Å². The van der Waals surface area contributed by atoms with Crippen LogP contribution in [0.4, 0.5) is 5.69 Å². The third-order valence-electron chi connectivity index (χ3n) is 5.06. The molecule has 5 nitrogen and oxygen atoms in total. The summed E-state index contributed by atoms with van der Waals surface area (Å²) in [7, 11) is 0. The first-order chi connectivity index (χ1) is 11.4. The lowest BCUT2D eigenvalue weighted by atomic mass is 9.73. The smallest absolute Gasteiger partial charge is 0.244 e. The van der Waals surface area contributed by atoms with Crippen LogP contribution in [0, 0.1) is 12.3 Å². The average Bonchev–Trinajstić information content (AvgIpc) is 2.76. The van der Waals surface area contributed by atoms with Crippen LogP contribution >= 0.6 is 11.6 Å². The van der Waals surface area contributed by atoms with Gasteiger partial charge in [-0.3, -0.25) is 19.3 Å². The molecule has 1 aliphatic heterocycles. The second-order valence-corrected chi connectivity index (χ2v) is 7.22. The number of halogens is 1. The number of rotatable bonds is 3. The van der Waals surface area contributed by atoms with E-state index in [-0.39, 0.29) is 30.7 Å². The van der Waals surface area contributed by atoms with Gasteiger partial charge in [0.05, 0.1) is 5.41 Å². The van der Waals surface area contributed by atoms with Crippen molar-refractivity contribution >= 4 is 35.0 Å². The molecule has 6 heteroatoms. The second-order valence-electron chi connectivity index (χ2n) is 6.81. The van der Waals surface area contributed by atoms with E-state index in [1.165, 1.54) is 0 Å². The molecule has 2 aliphatic rings. The topological polar surface area (TPSA) is 66.5 Å². The quantitative estimate of drug-likeness (QED) is 0.852. The molecular weight excluding hydrogens is 328 g/mol. The van der Waals surface area contributed by atoms with Gasteiger partial charge in [0.1, 0.15) is 6.54 Å². The van der Waals surface area contributed by atoms with Crippen molar-refractivity contribution in [3.63, 3.8) is 0 Å². The summed E-state index contributed by atoms with van der Waals surface area (Å²) < 4.78 is 0. The maximum absolute atomic E-state index is 12.7. The molecule has 3 rings (SSSR count). The van der Waals surface area contributed by atoms with Gasteiger partial charge in [0.2, 0.25) is 17.7 Å². The Balaban J connectivity index is 1.66. The van der Waals surface area contributed by atoms with E-state index in [1.807, 2.05) is 6.92 Å². The highest BCUT2D eigenvalue weighted by Crippen LogP contribution is 2.45. The van der Waals surface area contributed by atoms with Crippen molar-refractivity contribution in [2.24, 2.45) is 5.41 Å². The zero-order valence-electron chi connectivity index (χ0n) is 13.7. The van der Waals surface area contributed by atoms with E-state index >= 15 is 0 Å². The van der Waals surface area contributed by atoms with Crippen LogP contribution in [-0.4, -0.2) is 29.2 Å². The third-order valence-corrected chi connectivity index (χ3v) is 5.46. The molecular formula is C18H21ClN2O3. The monoisotopic (exact) mass is 348 g/mol. The van der Waals surface area contributed by atoms with Crippen molar-refractivity contribution < 1.29 is 14.4 Å². The summed E-state index contributed by atoms with van der Waals surface area (Å²) in [5.74, 6) is -0.798. The molecule has 1 aromatic carbocycles. The number of carbonyl (C=O) groups excluding carboxylic acids is 3. The van der Waals surface area contributed by atoms with Crippen molar-refractivity contribution in [2.45, 2.75) is 45.4 Å². The fourth-order valence-corrected chi connectivity index (χ4v) is 3.83. The van der Waals surface area contributed by atoms with Crippen LogP contribution in [0.1, 0.15) is 44.1 Å². The van der Waals surface area contributed by atoms with E-state index in [9.17, 15) is 14.4 Å². The number of carbonyl (C=O) groups is 3. The summed E-state index contributed by atoms with van der Waals surface area (Å²) in [4.78, 5) is 38.3. The summed E-state index contributed by atoms with van der Waals surface area (Å²) in [5, 5.41) is 3.26. The van der Waals surface area contributed by atoms with Crippen LogP contribution in [0.2, 0.25) is 5.02 Å². The van der Waals surface area contributed by atoms with Gasteiger partial charge in [0, 0.05) is 17.1 Å². The molecule has 1 heterocycles. The molecule has 1 N–H and O–H groups in total. The van der Waals surface area contributed by atoms with E-state index in [4.69, 9.17) is 11.6 Å². The summed E-state index contributed by atoms with van der Waals surface area (Å²) in [6.07, 6.45) is 4.81. The minimum Gasteiger partial charge on any atom is -0.324 e. The van der Waals surface area contributed by atoms with Gasteiger partial charge in [-0.05, 0) is 37.5 Å². The number of anilines is 1. The highest BCUT2D eigenvalue weighted by Gasteiger charge is 2.51. The SMILES string of the molecule is Cc1ccc(NC(=O)CN2C(=O)CC3(CCCCC3)C2=O)cc1Cl. The van der Waals surface area contributed by atoms with E-state index in [1.54, 1.807) is 18.2 Å². The Bertz CT molecular complexity index is 696. The van der Waals surface area contributed by atoms with Gasteiger partial charge in [-0.15, -0.1) is 0 Å². The highest BCUT2D eigenvalue weighted by atomic mass is 35.5. The van der Waals surface area contributed by atoms with Crippen LogP contribution in [0.5, 0.6) is 0 Å². The minimum absolute atomic E-state index is 0.177. The van der Waals surface area contributed by atoms with Gasteiger partial charge in [0.15, 0.2) is 0 Å². The number of nitrogens with one attached hydrogen (secondary N) is 1. The van der Waals surface area contributed by atoms with Crippen LogP contribution in [0.3, 0.4) is 0 Å². The van der Waals surface area contributed by atoms with E-state index in [0.29, 0.717) is 10.7 Å². The van der Waals surface area contributed by atoms with Crippen LogP contribution in [-0.2, 0) is 14.4 Å². The van der Waals surface area contributed by atoms with Gasteiger partial charge in [-0.25, -0.2) is 0 Å². The number of imide groups is 1. The number of benzene rings is 1. The lowest BCUT2D eigenvalue weighted by Gasteiger charge is -2.30. The number of hydrogen-bond donors (Lipinski definition) is 1. The molecule has 0 radical (unpaired) electrons. The van der Waals surface area contributed by atoms with E-state index < -0.39 is 5.41 Å². The number of hydrogen-bond acceptors (Lipinski definition) is 3. The normalized spacial score (nSPS) is 19.8. The molecule has 24 heavy (non-hydrogen) atoms. The van der Waals surface area contributed by atoms with Gasteiger partial charge in [0.25, 0.3) is 0 Å². The fraction of sp³-hybridized carbons (Fsp3) is 0.500. The molecule has 128 valence electrons. The van der Waals surface area contributed by atoms with Crippen molar-refractivity contribution in [1.82, 2.24) is 4.90 Å². The Morgan fingerprint density at radius 2 is 1.96 bits per heavy atom. The molecule has 0 atom stereocenters. The lowest BCUT2D eigenvalue weighted by Crippen LogP contribution is -2.41. The maximum Gasteiger partial charge on any atom is 0.244 e. The molecule has 1 saturated carbocycles.